The second-order valence-electron chi connectivity index (χ2n) is 9.57. The fourth-order valence-corrected chi connectivity index (χ4v) is 5.94. The summed E-state index contributed by atoms with van der Waals surface area (Å²) >= 11 is 0. The Morgan fingerprint density at radius 3 is 2.20 bits per heavy atom. The van der Waals surface area contributed by atoms with Crippen molar-refractivity contribution in [2.45, 2.75) is 65.7 Å². The molecule has 0 spiro atoms. The summed E-state index contributed by atoms with van der Waals surface area (Å²) in [5.41, 5.74) is 5.30. The first kappa shape index (κ1) is 30.6. The monoisotopic (exact) mass is 512 g/mol. The van der Waals surface area contributed by atoms with Crippen LogP contribution in [0.4, 0.5) is 0 Å². The van der Waals surface area contributed by atoms with E-state index in [0.717, 1.165) is 11.1 Å². The number of esters is 2. The number of benzene rings is 1. The number of amides is 1. The van der Waals surface area contributed by atoms with Gasteiger partial charge >= 0.3 is 11.9 Å². The van der Waals surface area contributed by atoms with Crippen molar-refractivity contribution in [2.75, 3.05) is 31.8 Å². The van der Waals surface area contributed by atoms with Crippen LogP contribution in [-0.4, -0.2) is 58.0 Å². The van der Waals surface area contributed by atoms with Crippen LogP contribution in [0.2, 0.25) is 0 Å². The van der Waals surface area contributed by atoms with E-state index >= 15 is 0 Å². The zero-order valence-corrected chi connectivity index (χ0v) is 22.5. The van der Waals surface area contributed by atoms with Crippen molar-refractivity contribution in [1.82, 2.24) is 10.9 Å². The van der Waals surface area contributed by atoms with Crippen LogP contribution >= 0.6 is 0 Å². The van der Waals surface area contributed by atoms with Gasteiger partial charge in [-0.05, 0) is 50.2 Å². The van der Waals surface area contributed by atoms with Gasteiger partial charge in [0.25, 0.3) is 0 Å². The van der Waals surface area contributed by atoms with Crippen molar-refractivity contribution in [3.05, 3.63) is 35.4 Å². The van der Waals surface area contributed by atoms with Gasteiger partial charge in [0.2, 0.25) is 5.91 Å². The highest BCUT2D eigenvalue weighted by Crippen LogP contribution is 2.34. The van der Waals surface area contributed by atoms with Gasteiger partial charge in [-0.15, -0.1) is 0 Å². The lowest BCUT2D eigenvalue weighted by molar-refractivity contribution is -0.142. The van der Waals surface area contributed by atoms with E-state index in [1.54, 1.807) is 27.0 Å². The number of carbonyl (C=O) groups excluding carboxylic acids is 3. The van der Waals surface area contributed by atoms with E-state index in [4.69, 9.17) is 9.47 Å². The quantitative estimate of drug-likeness (QED) is 0.271. The molecule has 1 aromatic rings. The van der Waals surface area contributed by atoms with Gasteiger partial charge in [-0.1, -0.05) is 44.5 Å². The molecule has 1 aromatic carbocycles. The Labute approximate surface area is 209 Å². The van der Waals surface area contributed by atoms with Crippen molar-refractivity contribution in [3.63, 3.8) is 0 Å². The third-order valence-corrected chi connectivity index (χ3v) is 7.64. The van der Waals surface area contributed by atoms with Crippen LogP contribution in [0.15, 0.2) is 24.3 Å². The van der Waals surface area contributed by atoms with Gasteiger partial charge in [0, 0.05) is 7.05 Å². The molecule has 0 fully saturated rings. The minimum absolute atomic E-state index is 0.108. The molecular weight excluding hydrogens is 472 g/mol. The number of carbonyl (C=O) groups is 3. The largest absolute Gasteiger partial charge is 0.466 e. The fraction of sp³-hybridized carbons (Fsp3) is 0.640. The molecule has 0 saturated carbocycles. The van der Waals surface area contributed by atoms with Crippen LogP contribution in [0.1, 0.15) is 65.0 Å². The summed E-state index contributed by atoms with van der Waals surface area (Å²) in [5.74, 6) is -2.12. The van der Waals surface area contributed by atoms with Crippen LogP contribution in [-0.2, 0) is 45.5 Å². The molecule has 0 aliphatic rings. The lowest BCUT2D eigenvalue weighted by atomic mass is 9.75. The molecule has 0 aliphatic heterocycles. The molecule has 2 N–H and O–H groups in total. The standard InChI is InChI=1S/C25H40N2O7S/c1-7-33-21(28)16-19-11-9-12-20(15-19)25(5,23(30)27-26-6)14-10-13-24(3,4)18-35(31,32)17-22(29)34-8-2/h9,11-12,15,26H,7-8,10,13-14,16-18H2,1-6H3,(H,27,30). The first-order valence-corrected chi connectivity index (χ1v) is 13.7. The molecule has 1 amide bonds. The minimum Gasteiger partial charge on any atom is -0.466 e. The van der Waals surface area contributed by atoms with Crippen molar-refractivity contribution in [2.24, 2.45) is 5.41 Å². The van der Waals surface area contributed by atoms with Crippen molar-refractivity contribution >= 4 is 27.7 Å². The molecule has 1 atom stereocenters. The Kier molecular flexibility index (Phi) is 11.9. The number of hydrazine groups is 1. The van der Waals surface area contributed by atoms with E-state index < -0.39 is 32.4 Å². The van der Waals surface area contributed by atoms with E-state index in [9.17, 15) is 22.8 Å². The molecule has 35 heavy (non-hydrogen) atoms. The van der Waals surface area contributed by atoms with Gasteiger partial charge in [-0.25, -0.2) is 13.8 Å². The highest BCUT2D eigenvalue weighted by molar-refractivity contribution is 7.92. The maximum atomic E-state index is 13.1. The third kappa shape index (κ3) is 10.4. The van der Waals surface area contributed by atoms with Gasteiger partial charge in [-0.3, -0.25) is 19.8 Å². The fourth-order valence-electron chi connectivity index (χ4n) is 4.06. The number of sulfone groups is 1. The SMILES string of the molecule is CCOC(=O)Cc1cccc(C(C)(CCCC(C)(C)CS(=O)(=O)CC(=O)OCC)C(=O)NNC)c1. The van der Waals surface area contributed by atoms with Crippen LogP contribution in [0.5, 0.6) is 0 Å². The Balaban J connectivity index is 2.99. The average Bonchev–Trinajstić information content (AvgIpc) is 2.72. The van der Waals surface area contributed by atoms with Gasteiger partial charge in [0.05, 0.1) is 30.8 Å². The Bertz CT molecular complexity index is 976. The second kappa shape index (κ2) is 13.6. The third-order valence-electron chi connectivity index (χ3n) is 5.74. The van der Waals surface area contributed by atoms with Gasteiger partial charge < -0.3 is 9.47 Å². The van der Waals surface area contributed by atoms with Crippen molar-refractivity contribution in [1.29, 1.82) is 0 Å². The van der Waals surface area contributed by atoms with Crippen LogP contribution in [0.3, 0.4) is 0 Å². The molecule has 0 radical (unpaired) electrons. The summed E-state index contributed by atoms with van der Waals surface area (Å²) in [6, 6.07) is 7.30. The first-order chi connectivity index (χ1) is 16.3. The van der Waals surface area contributed by atoms with E-state index in [0.29, 0.717) is 25.9 Å². The summed E-state index contributed by atoms with van der Waals surface area (Å²) in [6.07, 6.45) is 1.65. The number of hydrogen-bond donors (Lipinski definition) is 2. The Hall–Kier alpha value is -2.46. The minimum atomic E-state index is -3.63. The van der Waals surface area contributed by atoms with E-state index in [2.05, 4.69) is 10.9 Å². The van der Waals surface area contributed by atoms with E-state index in [1.165, 1.54) is 0 Å². The van der Waals surface area contributed by atoms with Crippen LogP contribution in [0, 0.1) is 5.41 Å². The molecule has 1 unspecified atom stereocenters. The van der Waals surface area contributed by atoms with Gasteiger partial charge in [-0.2, -0.15) is 0 Å². The van der Waals surface area contributed by atoms with Crippen LogP contribution < -0.4 is 10.9 Å². The van der Waals surface area contributed by atoms with Gasteiger partial charge in [0.15, 0.2) is 9.84 Å². The van der Waals surface area contributed by atoms with Crippen molar-refractivity contribution < 1.29 is 32.3 Å². The number of nitrogens with one attached hydrogen (secondary N) is 2. The zero-order chi connectivity index (χ0) is 26.7. The highest BCUT2D eigenvalue weighted by atomic mass is 32.2. The Morgan fingerprint density at radius 1 is 0.971 bits per heavy atom. The maximum Gasteiger partial charge on any atom is 0.321 e. The summed E-state index contributed by atoms with van der Waals surface area (Å²) in [4.78, 5) is 36.6. The maximum absolute atomic E-state index is 13.1. The molecule has 0 aromatic heterocycles. The molecule has 0 heterocycles. The molecule has 1 rings (SSSR count). The summed E-state index contributed by atoms with van der Waals surface area (Å²) in [7, 11) is -2.03. The zero-order valence-electron chi connectivity index (χ0n) is 21.7. The molecule has 198 valence electrons. The molecular formula is C25H40N2O7S. The second-order valence-corrected chi connectivity index (χ2v) is 11.6. The summed E-state index contributed by atoms with van der Waals surface area (Å²) < 4.78 is 34.7. The summed E-state index contributed by atoms with van der Waals surface area (Å²) in [6.45, 7) is 9.30. The van der Waals surface area contributed by atoms with Crippen molar-refractivity contribution in [3.8, 4) is 0 Å². The average molecular weight is 513 g/mol. The predicted molar refractivity (Wildman–Crippen MR) is 134 cm³/mol. The molecule has 0 saturated heterocycles. The number of ether oxygens (including phenoxy) is 2. The molecule has 0 bridgehead atoms. The Morgan fingerprint density at radius 2 is 1.60 bits per heavy atom. The highest BCUT2D eigenvalue weighted by Gasteiger charge is 2.36. The lowest BCUT2D eigenvalue weighted by Gasteiger charge is -2.31. The molecule has 10 heteroatoms. The predicted octanol–water partition coefficient (Wildman–Crippen LogP) is 2.47. The number of rotatable bonds is 15. The van der Waals surface area contributed by atoms with Gasteiger partial charge in [0.1, 0.15) is 5.75 Å². The summed E-state index contributed by atoms with van der Waals surface area (Å²) in [5, 5.41) is 0. The number of hydrogen-bond acceptors (Lipinski definition) is 8. The van der Waals surface area contributed by atoms with E-state index in [-0.39, 0.29) is 30.7 Å². The normalized spacial score (nSPS) is 13.5. The first-order valence-electron chi connectivity index (χ1n) is 11.9. The van der Waals surface area contributed by atoms with Crippen LogP contribution in [0.25, 0.3) is 0 Å². The molecule has 9 nitrogen and oxygen atoms in total. The van der Waals surface area contributed by atoms with E-state index in [1.807, 2.05) is 39.0 Å². The topological polar surface area (TPSA) is 128 Å². The smallest absolute Gasteiger partial charge is 0.321 e. The molecule has 0 aliphatic carbocycles. The lowest BCUT2D eigenvalue weighted by Crippen LogP contribution is -2.47.